The first kappa shape index (κ1) is 11.8. The molecule has 1 aromatic carbocycles. The number of nitrogens with one attached hydrogen (secondary N) is 1. The Morgan fingerprint density at radius 3 is 2.71 bits per heavy atom. The highest BCUT2D eigenvalue weighted by atomic mass is 32.1. The van der Waals surface area contributed by atoms with E-state index in [1.807, 2.05) is 38.1 Å². The Balaban J connectivity index is 2.60. The summed E-state index contributed by atoms with van der Waals surface area (Å²) in [7, 11) is 0. The minimum atomic E-state index is -0.193. The molecule has 0 spiro atoms. The van der Waals surface area contributed by atoms with E-state index >= 15 is 0 Å². The van der Waals surface area contributed by atoms with Crippen LogP contribution in [-0.4, -0.2) is 11.9 Å². The van der Waals surface area contributed by atoms with Crippen molar-refractivity contribution < 1.29 is 4.79 Å². The fraction of sp³-hybridized carbons (Fsp3) is 0.231. The first-order chi connectivity index (χ1) is 8.08. The van der Waals surface area contributed by atoms with Crippen LogP contribution in [0, 0.1) is 0 Å². The van der Waals surface area contributed by atoms with Crippen molar-refractivity contribution in [2.75, 3.05) is 0 Å². The first-order valence-corrected chi connectivity index (χ1v) is 6.23. The molecule has 0 fully saturated rings. The third-order valence-corrected chi connectivity index (χ3v) is 3.21. The number of benzene rings is 1. The molecule has 0 aliphatic rings. The van der Waals surface area contributed by atoms with Gasteiger partial charge in [0.05, 0.1) is 5.56 Å². The summed E-state index contributed by atoms with van der Waals surface area (Å²) in [5, 5.41) is 3.63. The van der Waals surface area contributed by atoms with Crippen LogP contribution in [0.1, 0.15) is 24.2 Å². The zero-order chi connectivity index (χ0) is 12.4. The quantitative estimate of drug-likeness (QED) is 0.885. The number of rotatable bonds is 2. The van der Waals surface area contributed by atoms with Gasteiger partial charge in [0.15, 0.2) is 0 Å². The second-order valence-corrected chi connectivity index (χ2v) is 5.15. The molecule has 17 heavy (non-hydrogen) atoms. The maximum absolute atomic E-state index is 12.0. The van der Waals surface area contributed by atoms with Gasteiger partial charge in [0.25, 0.3) is 5.91 Å². The summed E-state index contributed by atoms with van der Waals surface area (Å²) in [6, 6.07) is 8.91. The van der Waals surface area contributed by atoms with Crippen molar-refractivity contribution in [2.45, 2.75) is 19.9 Å². The number of carbonyl (C=O) groups excluding carboxylic acids is 1. The van der Waals surface area contributed by atoms with E-state index in [1.165, 1.54) is 6.07 Å². The van der Waals surface area contributed by atoms with Crippen LogP contribution < -0.4 is 10.1 Å². The van der Waals surface area contributed by atoms with E-state index < -0.39 is 0 Å². The van der Waals surface area contributed by atoms with Crippen LogP contribution >= 0.6 is 11.3 Å². The molecule has 0 aliphatic heterocycles. The van der Waals surface area contributed by atoms with E-state index in [4.69, 9.17) is 0 Å². The summed E-state index contributed by atoms with van der Waals surface area (Å²) in [4.78, 5) is 23.5. The zero-order valence-electron chi connectivity index (χ0n) is 9.69. The number of hydrogen-bond donors (Lipinski definition) is 1. The van der Waals surface area contributed by atoms with E-state index in [0.717, 1.165) is 21.4 Å². The van der Waals surface area contributed by atoms with Crippen molar-refractivity contribution in [2.24, 2.45) is 0 Å². The molecule has 0 saturated heterocycles. The molecule has 4 heteroatoms. The van der Waals surface area contributed by atoms with E-state index in [0.29, 0.717) is 5.56 Å². The van der Waals surface area contributed by atoms with Gasteiger partial charge in [-0.05, 0) is 19.9 Å². The lowest BCUT2D eigenvalue weighted by Gasteiger charge is -2.09. The molecule has 2 rings (SSSR count). The molecule has 1 N–H and O–H groups in total. The van der Waals surface area contributed by atoms with E-state index in [9.17, 15) is 9.59 Å². The van der Waals surface area contributed by atoms with Gasteiger partial charge in [-0.2, -0.15) is 0 Å². The van der Waals surface area contributed by atoms with Crippen molar-refractivity contribution in [3.63, 3.8) is 0 Å². The van der Waals surface area contributed by atoms with Crippen LogP contribution in [0.2, 0.25) is 0 Å². The Bertz CT molecular complexity index is 616. The fourth-order valence-corrected chi connectivity index (χ4v) is 2.47. The third-order valence-electron chi connectivity index (χ3n) is 2.31. The Morgan fingerprint density at radius 1 is 1.29 bits per heavy atom. The Hall–Kier alpha value is -1.68. The molecule has 88 valence electrons. The maximum atomic E-state index is 12.0. The van der Waals surface area contributed by atoms with E-state index in [2.05, 4.69) is 5.32 Å². The van der Waals surface area contributed by atoms with Gasteiger partial charge in [-0.3, -0.25) is 9.59 Å². The molecule has 1 heterocycles. The first-order valence-electron chi connectivity index (χ1n) is 5.41. The smallest absolute Gasteiger partial charge is 0.252 e. The average Bonchev–Trinajstić information content (AvgIpc) is 2.26. The predicted octanol–water partition coefficient (Wildman–Crippen LogP) is 2.40. The standard InChI is InChI=1S/C13H13NO2S/c1-8(2)14-13(16)10-7-12(15)17-11-6-4-3-5-9(10)11/h3-8H,1-2H3,(H,14,16). The molecule has 1 amide bonds. The lowest BCUT2D eigenvalue weighted by molar-refractivity contribution is 0.0945. The number of amides is 1. The van der Waals surface area contributed by atoms with Crippen LogP contribution in [0.15, 0.2) is 35.1 Å². The molecule has 1 aromatic heterocycles. The van der Waals surface area contributed by atoms with Crippen molar-refractivity contribution in [3.8, 4) is 0 Å². The highest BCUT2D eigenvalue weighted by Gasteiger charge is 2.12. The van der Waals surface area contributed by atoms with Crippen LogP contribution in [0.5, 0.6) is 0 Å². The van der Waals surface area contributed by atoms with Gasteiger partial charge in [0.2, 0.25) is 4.74 Å². The van der Waals surface area contributed by atoms with Crippen molar-refractivity contribution in [1.82, 2.24) is 5.32 Å². The normalized spacial score (nSPS) is 10.8. The topological polar surface area (TPSA) is 46.2 Å². The predicted molar refractivity (Wildman–Crippen MR) is 70.7 cm³/mol. The van der Waals surface area contributed by atoms with Crippen molar-refractivity contribution >= 4 is 27.3 Å². The molecular formula is C13H13NO2S. The molecule has 0 bridgehead atoms. The van der Waals surface area contributed by atoms with Crippen LogP contribution in [0.3, 0.4) is 0 Å². The minimum Gasteiger partial charge on any atom is -0.350 e. The van der Waals surface area contributed by atoms with E-state index in [-0.39, 0.29) is 16.7 Å². The maximum Gasteiger partial charge on any atom is 0.252 e. The Labute approximate surface area is 103 Å². The van der Waals surface area contributed by atoms with Gasteiger partial charge in [-0.15, -0.1) is 0 Å². The summed E-state index contributed by atoms with van der Waals surface area (Å²) in [6.45, 7) is 3.79. The van der Waals surface area contributed by atoms with Gasteiger partial charge >= 0.3 is 0 Å². The molecular weight excluding hydrogens is 234 g/mol. The van der Waals surface area contributed by atoms with Crippen molar-refractivity contribution in [3.05, 3.63) is 45.4 Å². The van der Waals surface area contributed by atoms with Crippen LogP contribution in [-0.2, 0) is 0 Å². The van der Waals surface area contributed by atoms with Gasteiger partial charge in [0, 0.05) is 22.2 Å². The average molecular weight is 247 g/mol. The monoisotopic (exact) mass is 247 g/mol. The second kappa shape index (κ2) is 4.67. The second-order valence-electron chi connectivity index (χ2n) is 4.10. The van der Waals surface area contributed by atoms with Gasteiger partial charge in [-0.1, -0.05) is 29.5 Å². The molecule has 2 aromatic rings. The van der Waals surface area contributed by atoms with E-state index in [1.54, 1.807) is 0 Å². The summed E-state index contributed by atoms with van der Waals surface area (Å²) in [6.07, 6.45) is 0. The van der Waals surface area contributed by atoms with Crippen molar-refractivity contribution in [1.29, 1.82) is 0 Å². The fourth-order valence-electron chi connectivity index (χ4n) is 1.64. The molecule has 0 aliphatic carbocycles. The SMILES string of the molecule is CC(C)NC(=O)c1cc(=O)sc2ccccc12. The summed E-state index contributed by atoms with van der Waals surface area (Å²) >= 11 is 1.16. The lowest BCUT2D eigenvalue weighted by atomic mass is 10.1. The Kier molecular flexibility index (Phi) is 3.24. The van der Waals surface area contributed by atoms with Crippen LogP contribution in [0.4, 0.5) is 0 Å². The summed E-state index contributed by atoms with van der Waals surface area (Å²) in [5.74, 6) is -0.193. The molecule has 0 saturated carbocycles. The molecule has 0 atom stereocenters. The number of hydrogen-bond acceptors (Lipinski definition) is 3. The molecule has 0 unspecified atom stereocenters. The number of fused-ring (bicyclic) bond motifs is 1. The van der Waals surface area contributed by atoms with Crippen LogP contribution in [0.25, 0.3) is 10.1 Å². The molecule has 3 nitrogen and oxygen atoms in total. The van der Waals surface area contributed by atoms with Gasteiger partial charge in [-0.25, -0.2) is 0 Å². The molecule has 0 radical (unpaired) electrons. The largest absolute Gasteiger partial charge is 0.350 e. The van der Waals surface area contributed by atoms with Gasteiger partial charge in [0.1, 0.15) is 0 Å². The zero-order valence-corrected chi connectivity index (χ0v) is 10.5. The lowest BCUT2D eigenvalue weighted by Crippen LogP contribution is -2.30. The highest BCUT2D eigenvalue weighted by molar-refractivity contribution is 7.16. The Morgan fingerprint density at radius 2 is 2.00 bits per heavy atom. The number of carbonyl (C=O) groups is 1. The van der Waals surface area contributed by atoms with Gasteiger partial charge < -0.3 is 5.32 Å². The highest BCUT2D eigenvalue weighted by Crippen LogP contribution is 2.19. The summed E-state index contributed by atoms with van der Waals surface area (Å²) in [5.41, 5.74) is 0.457. The minimum absolute atomic E-state index is 0.0558. The third kappa shape index (κ3) is 2.53. The summed E-state index contributed by atoms with van der Waals surface area (Å²) < 4.78 is 0.742.